The van der Waals surface area contributed by atoms with Crippen molar-refractivity contribution in [2.45, 2.75) is 46.8 Å². The maximum atomic E-state index is 11.4. The first-order valence-electron chi connectivity index (χ1n) is 6.01. The number of rotatable bonds is 6. The van der Waals surface area contributed by atoms with Gasteiger partial charge in [0.2, 0.25) is 6.10 Å². The van der Waals surface area contributed by atoms with Gasteiger partial charge in [-0.15, -0.1) is 0 Å². The summed E-state index contributed by atoms with van der Waals surface area (Å²) in [5.74, 6) is -1.65. The van der Waals surface area contributed by atoms with Gasteiger partial charge in [0.15, 0.2) is 11.9 Å². The highest BCUT2D eigenvalue weighted by atomic mass is 16.6. The van der Waals surface area contributed by atoms with Gasteiger partial charge in [0.05, 0.1) is 0 Å². The molecule has 0 amide bonds. The molecular formula is C13H23NO5. The van der Waals surface area contributed by atoms with Crippen molar-refractivity contribution in [3.05, 3.63) is 12.3 Å². The number of hydrogen-bond acceptors (Lipinski definition) is 6. The third-order valence-electron chi connectivity index (χ3n) is 1.93. The van der Waals surface area contributed by atoms with Gasteiger partial charge in [-0.1, -0.05) is 20.4 Å². The third-order valence-corrected chi connectivity index (χ3v) is 1.93. The fourth-order valence-corrected chi connectivity index (χ4v) is 1.17. The molecule has 0 saturated heterocycles. The van der Waals surface area contributed by atoms with Crippen molar-refractivity contribution in [3.8, 4) is 0 Å². The van der Waals surface area contributed by atoms with Crippen molar-refractivity contribution in [1.82, 2.24) is 5.32 Å². The molecule has 2 atom stereocenters. The van der Waals surface area contributed by atoms with Crippen molar-refractivity contribution in [3.63, 3.8) is 0 Å². The van der Waals surface area contributed by atoms with Crippen LogP contribution in [0.2, 0.25) is 0 Å². The van der Waals surface area contributed by atoms with Gasteiger partial charge >= 0.3 is 11.9 Å². The molecule has 19 heavy (non-hydrogen) atoms. The lowest BCUT2D eigenvalue weighted by molar-refractivity contribution is -0.166. The molecule has 0 bridgehead atoms. The number of ether oxygens (including phenoxy) is 2. The molecule has 0 radical (unpaired) electrons. The van der Waals surface area contributed by atoms with Crippen molar-refractivity contribution in [1.29, 1.82) is 0 Å². The molecule has 6 nitrogen and oxygen atoms in total. The molecule has 0 unspecified atom stereocenters. The zero-order valence-corrected chi connectivity index (χ0v) is 12.4. The van der Waals surface area contributed by atoms with Crippen molar-refractivity contribution in [2.75, 3.05) is 7.05 Å². The summed E-state index contributed by atoms with van der Waals surface area (Å²) < 4.78 is 9.76. The monoisotopic (exact) mass is 273 g/mol. The molecule has 0 aliphatic rings. The molecule has 0 aliphatic heterocycles. The fraction of sp³-hybridized carbons (Fsp3) is 0.615. The molecular weight excluding hydrogens is 250 g/mol. The van der Waals surface area contributed by atoms with Crippen LogP contribution < -0.4 is 5.32 Å². The minimum absolute atomic E-state index is 0.279. The Hall–Kier alpha value is -1.85. The molecule has 0 saturated carbocycles. The number of carbonyl (C=O) groups excluding carboxylic acids is 3. The Balaban J connectivity index is 0. The minimum atomic E-state index is -1.18. The van der Waals surface area contributed by atoms with E-state index >= 15 is 0 Å². The van der Waals surface area contributed by atoms with Crippen molar-refractivity contribution in [2.24, 2.45) is 0 Å². The predicted molar refractivity (Wildman–Crippen MR) is 71.3 cm³/mol. The van der Waals surface area contributed by atoms with Gasteiger partial charge in [-0.25, -0.2) is 0 Å². The molecule has 110 valence electrons. The molecule has 0 aliphatic carbocycles. The van der Waals surface area contributed by atoms with Gasteiger partial charge in [-0.05, 0) is 6.92 Å². The van der Waals surface area contributed by atoms with Gasteiger partial charge in [0.25, 0.3) is 0 Å². The summed E-state index contributed by atoms with van der Waals surface area (Å²) in [5.41, 5.74) is 0.279. The van der Waals surface area contributed by atoms with E-state index in [1.807, 2.05) is 13.8 Å². The van der Waals surface area contributed by atoms with Gasteiger partial charge in [-0.3, -0.25) is 14.4 Å². The van der Waals surface area contributed by atoms with Crippen LogP contribution in [-0.4, -0.2) is 37.0 Å². The lowest BCUT2D eigenvalue weighted by atomic mass is 10.1. The number of Topliss-reactive ketones (excluding diaryl/α,β-unsaturated/α-hetero) is 1. The lowest BCUT2D eigenvalue weighted by Gasteiger charge is -2.25. The SMILES string of the molecule is C=C(NC)[C@H](OC(C)=O)[C@@H](OC(C)=O)C(C)=O.CC. The average Bonchev–Trinajstić information content (AvgIpc) is 2.34. The third kappa shape index (κ3) is 7.96. The molecule has 1 N–H and O–H groups in total. The van der Waals surface area contributed by atoms with E-state index in [2.05, 4.69) is 11.9 Å². The Labute approximate surface area is 114 Å². The van der Waals surface area contributed by atoms with Crippen LogP contribution in [0.25, 0.3) is 0 Å². The molecule has 0 spiro atoms. The highest BCUT2D eigenvalue weighted by Crippen LogP contribution is 2.13. The van der Waals surface area contributed by atoms with E-state index in [-0.39, 0.29) is 5.70 Å². The van der Waals surface area contributed by atoms with E-state index < -0.39 is 29.9 Å². The largest absolute Gasteiger partial charge is 0.452 e. The lowest BCUT2D eigenvalue weighted by Crippen LogP contribution is -2.43. The first-order valence-corrected chi connectivity index (χ1v) is 6.01. The molecule has 6 heteroatoms. The number of hydrogen-bond donors (Lipinski definition) is 1. The van der Waals surface area contributed by atoms with Gasteiger partial charge < -0.3 is 14.8 Å². The highest BCUT2D eigenvalue weighted by molar-refractivity contribution is 5.84. The van der Waals surface area contributed by atoms with Gasteiger partial charge in [0, 0.05) is 26.6 Å². The zero-order valence-electron chi connectivity index (χ0n) is 12.4. The Morgan fingerprint density at radius 2 is 1.32 bits per heavy atom. The fourth-order valence-electron chi connectivity index (χ4n) is 1.17. The van der Waals surface area contributed by atoms with Gasteiger partial charge in [0.1, 0.15) is 0 Å². The number of likely N-dealkylation sites (N-methyl/N-ethyl adjacent to an activating group) is 1. The summed E-state index contributed by atoms with van der Waals surface area (Å²) in [6.07, 6.45) is -2.21. The molecule has 0 aromatic carbocycles. The summed E-state index contributed by atoms with van der Waals surface area (Å²) in [6, 6.07) is 0. The van der Waals surface area contributed by atoms with E-state index in [4.69, 9.17) is 9.47 Å². The molecule has 0 aromatic heterocycles. The van der Waals surface area contributed by atoms with E-state index in [0.29, 0.717) is 0 Å². The Morgan fingerprint density at radius 1 is 0.947 bits per heavy atom. The topological polar surface area (TPSA) is 81.7 Å². The zero-order chi connectivity index (χ0) is 15.6. The second kappa shape index (κ2) is 10.1. The average molecular weight is 273 g/mol. The van der Waals surface area contributed by atoms with Crippen LogP contribution in [0.5, 0.6) is 0 Å². The Bertz CT molecular complexity index is 338. The predicted octanol–water partition coefficient (Wildman–Crippen LogP) is 1.20. The van der Waals surface area contributed by atoms with Gasteiger partial charge in [-0.2, -0.15) is 0 Å². The van der Waals surface area contributed by atoms with E-state index in [9.17, 15) is 14.4 Å². The maximum absolute atomic E-state index is 11.4. The number of ketones is 1. The standard InChI is InChI=1S/C11H17NO5.C2H6/c1-6(12-5)10(16-8(3)14)11(7(2)13)17-9(4)15;1-2/h10-12H,1H2,2-5H3;1-2H3/t10-,11-;/m0./s1. The Kier molecular flexibility index (Phi) is 10.4. The normalized spacial score (nSPS) is 12.1. The first kappa shape index (κ1) is 19.5. The van der Waals surface area contributed by atoms with E-state index in [0.717, 1.165) is 0 Å². The number of esters is 2. The van der Waals surface area contributed by atoms with Crippen LogP contribution in [0.3, 0.4) is 0 Å². The van der Waals surface area contributed by atoms with Crippen molar-refractivity contribution >= 4 is 17.7 Å². The van der Waals surface area contributed by atoms with Crippen LogP contribution >= 0.6 is 0 Å². The molecule has 0 heterocycles. The Morgan fingerprint density at radius 3 is 1.58 bits per heavy atom. The van der Waals surface area contributed by atoms with E-state index in [1.54, 1.807) is 7.05 Å². The van der Waals surface area contributed by atoms with Crippen LogP contribution in [0.4, 0.5) is 0 Å². The molecule has 0 aromatic rings. The molecule has 0 fully saturated rings. The first-order chi connectivity index (χ1) is 8.79. The van der Waals surface area contributed by atoms with E-state index in [1.165, 1.54) is 20.8 Å². The smallest absolute Gasteiger partial charge is 0.303 e. The summed E-state index contributed by atoms with van der Waals surface area (Å²) in [6.45, 7) is 11.2. The highest BCUT2D eigenvalue weighted by Gasteiger charge is 2.33. The minimum Gasteiger partial charge on any atom is -0.452 e. The summed E-state index contributed by atoms with van der Waals surface area (Å²) >= 11 is 0. The van der Waals surface area contributed by atoms with Crippen LogP contribution in [-0.2, 0) is 23.9 Å². The maximum Gasteiger partial charge on any atom is 0.303 e. The van der Waals surface area contributed by atoms with Crippen LogP contribution in [0.1, 0.15) is 34.6 Å². The second-order valence-electron chi connectivity index (χ2n) is 3.45. The molecule has 0 rings (SSSR count). The van der Waals surface area contributed by atoms with Crippen LogP contribution in [0.15, 0.2) is 12.3 Å². The second-order valence-corrected chi connectivity index (χ2v) is 3.45. The number of carbonyl (C=O) groups is 3. The summed E-state index contributed by atoms with van der Waals surface area (Å²) in [5, 5.41) is 2.66. The van der Waals surface area contributed by atoms with Crippen molar-refractivity contribution < 1.29 is 23.9 Å². The quantitative estimate of drug-likeness (QED) is 0.732. The summed E-state index contributed by atoms with van der Waals surface area (Å²) in [7, 11) is 1.56. The summed E-state index contributed by atoms with van der Waals surface area (Å²) in [4.78, 5) is 33.2. The number of nitrogens with one attached hydrogen (secondary N) is 1. The van der Waals surface area contributed by atoms with Crippen LogP contribution in [0, 0.1) is 0 Å².